The molecule has 6 nitrogen and oxygen atoms in total. The van der Waals surface area contributed by atoms with Crippen molar-refractivity contribution in [2.45, 2.75) is 38.2 Å². The summed E-state index contributed by atoms with van der Waals surface area (Å²) in [6, 6.07) is -0.670. The molecule has 1 saturated heterocycles. The maximum absolute atomic E-state index is 11.3. The second kappa shape index (κ2) is 5.16. The molecule has 0 spiro atoms. The van der Waals surface area contributed by atoms with Crippen molar-refractivity contribution in [3.05, 3.63) is 0 Å². The number of carbonyl (C=O) groups is 1. The van der Waals surface area contributed by atoms with Gasteiger partial charge in [0.25, 0.3) is 0 Å². The predicted molar refractivity (Wildman–Crippen MR) is 57.1 cm³/mol. The highest BCUT2D eigenvalue weighted by Gasteiger charge is 2.34. The Morgan fingerprint density at radius 1 is 1.62 bits per heavy atom. The number of nitrogens with one attached hydrogen (secondary N) is 1. The lowest BCUT2D eigenvalue weighted by atomic mass is 9.80. The SMILES string of the molecule is [B]C(C)C1NS(=O)(=O)OCCC1OC(C)=O. The van der Waals surface area contributed by atoms with Crippen LogP contribution in [0.4, 0.5) is 0 Å². The molecule has 8 heteroatoms. The van der Waals surface area contributed by atoms with E-state index in [1.54, 1.807) is 6.92 Å². The van der Waals surface area contributed by atoms with Crippen molar-refractivity contribution in [3.8, 4) is 0 Å². The van der Waals surface area contributed by atoms with Gasteiger partial charge in [0, 0.05) is 13.3 Å². The number of hydrogen-bond acceptors (Lipinski definition) is 5. The summed E-state index contributed by atoms with van der Waals surface area (Å²) in [6.07, 6.45) is -0.312. The van der Waals surface area contributed by atoms with Gasteiger partial charge in [0.2, 0.25) is 0 Å². The standard InChI is InChI=1S/C8H14BNO5S/c1-5(9)8-7(15-6(2)11)3-4-14-16(12,13)10-8/h5,7-8,10H,3-4H2,1-2H3. The summed E-state index contributed by atoms with van der Waals surface area (Å²) in [7, 11) is 1.85. The molecule has 1 aliphatic heterocycles. The summed E-state index contributed by atoms with van der Waals surface area (Å²) >= 11 is 0. The van der Waals surface area contributed by atoms with Crippen molar-refractivity contribution in [1.82, 2.24) is 4.72 Å². The molecule has 3 unspecified atom stereocenters. The maximum atomic E-state index is 11.3. The Morgan fingerprint density at radius 3 is 2.75 bits per heavy atom. The largest absolute Gasteiger partial charge is 0.461 e. The van der Waals surface area contributed by atoms with Gasteiger partial charge in [-0.15, -0.1) is 0 Å². The van der Waals surface area contributed by atoms with E-state index in [0.29, 0.717) is 0 Å². The van der Waals surface area contributed by atoms with E-state index in [-0.39, 0.29) is 13.0 Å². The Morgan fingerprint density at radius 2 is 2.25 bits per heavy atom. The molecule has 0 aromatic carbocycles. The lowest BCUT2D eigenvalue weighted by Gasteiger charge is -2.27. The molecular formula is C8H14BNO5S. The summed E-state index contributed by atoms with van der Waals surface area (Å²) in [5.74, 6) is -0.961. The van der Waals surface area contributed by atoms with Crippen LogP contribution in [0.2, 0.25) is 5.82 Å². The first kappa shape index (κ1) is 13.5. The Hall–Kier alpha value is -0.595. The van der Waals surface area contributed by atoms with Crippen LogP contribution in [-0.2, 0) is 24.0 Å². The first-order chi connectivity index (χ1) is 7.32. The van der Waals surface area contributed by atoms with Crippen molar-refractivity contribution >= 4 is 24.1 Å². The molecule has 0 bridgehead atoms. The minimum atomic E-state index is -3.80. The molecule has 90 valence electrons. The molecule has 1 rings (SSSR count). The normalized spacial score (nSPS) is 31.4. The molecule has 1 aliphatic rings. The van der Waals surface area contributed by atoms with Crippen molar-refractivity contribution in [3.63, 3.8) is 0 Å². The lowest BCUT2D eigenvalue weighted by Crippen LogP contribution is -2.45. The molecule has 0 aromatic heterocycles. The minimum absolute atomic E-state index is 0.0312. The van der Waals surface area contributed by atoms with E-state index in [1.165, 1.54) is 6.92 Å². The van der Waals surface area contributed by atoms with Crippen LogP contribution >= 0.6 is 0 Å². The molecule has 1 fully saturated rings. The highest BCUT2D eigenvalue weighted by atomic mass is 32.2. The zero-order valence-corrected chi connectivity index (χ0v) is 9.99. The monoisotopic (exact) mass is 247 g/mol. The van der Waals surface area contributed by atoms with Gasteiger partial charge in [0.05, 0.1) is 20.5 Å². The van der Waals surface area contributed by atoms with Crippen LogP contribution in [0.3, 0.4) is 0 Å². The van der Waals surface area contributed by atoms with E-state index in [4.69, 9.17) is 12.6 Å². The zero-order chi connectivity index (χ0) is 12.3. The van der Waals surface area contributed by atoms with Crippen LogP contribution in [0.1, 0.15) is 20.3 Å². The summed E-state index contributed by atoms with van der Waals surface area (Å²) < 4.78 is 34.4. The van der Waals surface area contributed by atoms with Gasteiger partial charge in [-0.1, -0.05) is 12.7 Å². The van der Waals surface area contributed by atoms with Gasteiger partial charge in [0.15, 0.2) is 0 Å². The van der Waals surface area contributed by atoms with Gasteiger partial charge < -0.3 is 4.74 Å². The van der Waals surface area contributed by atoms with Crippen LogP contribution in [0.25, 0.3) is 0 Å². The fourth-order valence-electron chi connectivity index (χ4n) is 1.52. The molecule has 2 radical (unpaired) electrons. The van der Waals surface area contributed by atoms with Gasteiger partial charge in [-0.3, -0.25) is 8.98 Å². The molecule has 0 saturated carbocycles. The fraction of sp³-hybridized carbons (Fsp3) is 0.875. The van der Waals surface area contributed by atoms with E-state index in [2.05, 4.69) is 8.91 Å². The van der Waals surface area contributed by atoms with Crippen LogP contribution < -0.4 is 4.72 Å². The molecule has 3 atom stereocenters. The summed E-state index contributed by atoms with van der Waals surface area (Å²) in [5.41, 5.74) is 0. The average Bonchev–Trinajstić information content (AvgIpc) is 2.24. The van der Waals surface area contributed by atoms with Gasteiger partial charge in [-0.05, 0) is 0 Å². The maximum Gasteiger partial charge on any atom is 0.336 e. The third-order valence-corrected chi connectivity index (χ3v) is 3.24. The second-order valence-corrected chi connectivity index (χ2v) is 5.10. The molecule has 0 amide bonds. The number of esters is 1. The van der Waals surface area contributed by atoms with Crippen LogP contribution in [0, 0.1) is 0 Å². The van der Waals surface area contributed by atoms with Crippen LogP contribution in [0.5, 0.6) is 0 Å². The number of carbonyl (C=O) groups excluding carboxylic acids is 1. The van der Waals surface area contributed by atoms with E-state index >= 15 is 0 Å². The molecule has 1 N–H and O–H groups in total. The zero-order valence-electron chi connectivity index (χ0n) is 9.17. The Labute approximate surface area is 96.3 Å². The van der Waals surface area contributed by atoms with E-state index in [1.807, 2.05) is 0 Å². The smallest absolute Gasteiger partial charge is 0.336 e. The van der Waals surface area contributed by atoms with E-state index < -0.39 is 34.2 Å². The Balaban J connectivity index is 2.85. The highest BCUT2D eigenvalue weighted by Crippen LogP contribution is 2.20. The average molecular weight is 247 g/mol. The third kappa shape index (κ3) is 3.77. The molecular weight excluding hydrogens is 233 g/mol. The van der Waals surface area contributed by atoms with E-state index in [9.17, 15) is 13.2 Å². The first-order valence-corrected chi connectivity index (χ1v) is 6.32. The Kier molecular flexibility index (Phi) is 4.34. The number of ether oxygens (including phenoxy) is 1. The third-order valence-electron chi connectivity index (χ3n) is 2.21. The van der Waals surface area contributed by atoms with Gasteiger partial charge in [0.1, 0.15) is 6.10 Å². The summed E-state index contributed by atoms with van der Waals surface area (Å²) in [5, 5.41) is 0. The van der Waals surface area contributed by atoms with Crippen molar-refractivity contribution in [2.75, 3.05) is 6.61 Å². The molecule has 0 aromatic rings. The molecule has 16 heavy (non-hydrogen) atoms. The quantitative estimate of drug-likeness (QED) is 0.526. The first-order valence-electron chi connectivity index (χ1n) is 4.91. The highest BCUT2D eigenvalue weighted by molar-refractivity contribution is 7.84. The van der Waals surface area contributed by atoms with Crippen molar-refractivity contribution in [1.29, 1.82) is 0 Å². The van der Waals surface area contributed by atoms with Gasteiger partial charge in [-0.2, -0.15) is 13.1 Å². The summed E-state index contributed by atoms with van der Waals surface area (Å²) in [4.78, 5) is 10.9. The van der Waals surface area contributed by atoms with Gasteiger partial charge >= 0.3 is 16.3 Å². The van der Waals surface area contributed by atoms with Gasteiger partial charge in [-0.25, -0.2) is 0 Å². The fourth-order valence-corrected chi connectivity index (χ4v) is 2.60. The lowest BCUT2D eigenvalue weighted by molar-refractivity contribution is -0.148. The second-order valence-electron chi connectivity index (χ2n) is 3.72. The topological polar surface area (TPSA) is 81.7 Å². The predicted octanol–water partition coefficient (Wildman–Crippen LogP) is -0.482. The Bertz CT molecular complexity index is 355. The number of rotatable bonds is 2. The molecule has 0 aliphatic carbocycles. The van der Waals surface area contributed by atoms with Crippen molar-refractivity contribution < 1.29 is 22.1 Å². The van der Waals surface area contributed by atoms with E-state index in [0.717, 1.165) is 0 Å². The summed E-state index contributed by atoms with van der Waals surface area (Å²) in [6.45, 7) is 2.87. The molecule has 1 heterocycles. The van der Waals surface area contributed by atoms with Crippen LogP contribution in [0.15, 0.2) is 0 Å². The minimum Gasteiger partial charge on any atom is -0.461 e. The number of hydrogen-bond donors (Lipinski definition) is 1. The van der Waals surface area contributed by atoms with Crippen LogP contribution in [-0.4, -0.2) is 41.0 Å². The van der Waals surface area contributed by atoms with Crippen molar-refractivity contribution in [2.24, 2.45) is 0 Å².